The van der Waals surface area contributed by atoms with E-state index in [2.05, 4.69) is 37.1 Å². The third-order valence-corrected chi connectivity index (χ3v) is 5.05. The molecule has 0 spiro atoms. The lowest BCUT2D eigenvalue weighted by Crippen LogP contribution is -2.29. The second kappa shape index (κ2) is 5.37. The van der Waals surface area contributed by atoms with Gasteiger partial charge in [0.15, 0.2) is 0 Å². The molecule has 86 valence electrons. The summed E-state index contributed by atoms with van der Waals surface area (Å²) >= 11 is 6.89. The molecule has 2 rings (SSSR count). The van der Waals surface area contributed by atoms with E-state index in [9.17, 15) is 0 Å². The fourth-order valence-electron chi connectivity index (χ4n) is 1.49. The summed E-state index contributed by atoms with van der Waals surface area (Å²) in [5.41, 5.74) is 3.94. The molecule has 2 aromatic rings. The maximum Gasteiger partial charge on any atom is 0.0897 e. The minimum absolute atomic E-state index is 0.121. The molecule has 0 aromatic carbocycles. The van der Waals surface area contributed by atoms with Gasteiger partial charge in [-0.15, -0.1) is 22.7 Å². The molecule has 0 radical (unpaired) electrons. The van der Waals surface area contributed by atoms with Crippen LogP contribution in [-0.2, 0) is 6.42 Å². The van der Waals surface area contributed by atoms with Crippen molar-refractivity contribution < 1.29 is 0 Å². The van der Waals surface area contributed by atoms with Crippen molar-refractivity contribution in [3.8, 4) is 0 Å². The van der Waals surface area contributed by atoms with E-state index in [-0.39, 0.29) is 6.04 Å². The van der Waals surface area contributed by atoms with Gasteiger partial charge in [-0.1, -0.05) is 0 Å². The van der Waals surface area contributed by atoms with E-state index in [1.165, 1.54) is 4.88 Å². The maximum absolute atomic E-state index is 5.60. The van der Waals surface area contributed by atoms with Crippen LogP contribution in [0.5, 0.6) is 0 Å². The molecule has 0 amide bonds. The molecule has 0 bridgehead atoms. The van der Waals surface area contributed by atoms with Gasteiger partial charge in [0.05, 0.1) is 16.7 Å². The first kappa shape index (κ1) is 12.2. The molecule has 0 aliphatic carbocycles. The highest BCUT2D eigenvalue weighted by molar-refractivity contribution is 9.10. The van der Waals surface area contributed by atoms with Crippen molar-refractivity contribution >= 4 is 38.6 Å². The van der Waals surface area contributed by atoms with Crippen molar-refractivity contribution in [2.45, 2.75) is 19.4 Å². The van der Waals surface area contributed by atoms with E-state index in [1.54, 1.807) is 22.7 Å². The van der Waals surface area contributed by atoms with Crippen molar-refractivity contribution in [1.82, 2.24) is 10.4 Å². The largest absolute Gasteiger partial charge is 0.271 e. The number of thiazole rings is 1. The van der Waals surface area contributed by atoms with Crippen LogP contribution in [0.3, 0.4) is 0 Å². The third-order valence-electron chi connectivity index (χ3n) is 2.24. The lowest BCUT2D eigenvalue weighted by atomic mass is 10.1. The molecule has 0 aliphatic rings. The maximum atomic E-state index is 5.60. The minimum atomic E-state index is 0.121. The molecule has 3 N–H and O–H groups in total. The number of nitrogens with zero attached hydrogens (tertiary/aromatic N) is 1. The van der Waals surface area contributed by atoms with Crippen LogP contribution in [0.2, 0.25) is 0 Å². The highest BCUT2D eigenvalue weighted by atomic mass is 79.9. The Bertz CT molecular complexity index is 466. The Morgan fingerprint density at radius 1 is 1.56 bits per heavy atom. The topological polar surface area (TPSA) is 50.9 Å². The van der Waals surface area contributed by atoms with Crippen molar-refractivity contribution in [3.63, 3.8) is 0 Å². The first-order valence-electron chi connectivity index (χ1n) is 4.80. The summed E-state index contributed by atoms with van der Waals surface area (Å²) in [6, 6.07) is 2.16. The Morgan fingerprint density at radius 3 is 2.88 bits per heavy atom. The predicted molar refractivity (Wildman–Crippen MR) is 72.6 cm³/mol. The van der Waals surface area contributed by atoms with Gasteiger partial charge in [0.2, 0.25) is 0 Å². The fourth-order valence-corrected chi connectivity index (χ4v) is 3.83. The number of halogens is 1. The van der Waals surface area contributed by atoms with Crippen molar-refractivity contribution in [2.24, 2.45) is 5.84 Å². The molecule has 0 aliphatic heterocycles. The Labute approximate surface area is 111 Å². The zero-order chi connectivity index (χ0) is 11.5. The van der Waals surface area contributed by atoms with E-state index >= 15 is 0 Å². The molecule has 0 fully saturated rings. The summed E-state index contributed by atoms with van der Waals surface area (Å²) in [6.07, 6.45) is 0.819. The van der Waals surface area contributed by atoms with Gasteiger partial charge in [0.25, 0.3) is 0 Å². The monoisotopic (exact) mass is 317 g/mol. The van der Waals surface area contributed by atoms with Crippen molar-refractivity contribution in [3.05, 3.63) is 36.9 Å². The smallest absolute Gasteiger partial charge is 0.0897 e. The van der Waals surface area contributed by atoms with Crippen LogP contribution < -0.4 is 11.3 Å². The number of hydrazine groups is 1. The fraction of sp³-hybridized carbons (Fsp3) is 0.300. The number of thiophene rings is 1. The molecule has 1 atom stereocenters. The van der Waals surface area contributed by atoms with Gasteiger partial charge in [-0.25, -0.2) is 4.98 Å². The Kier molecular flexibility index (Phi) is 4.10. The predicted octanol–water partition coefficient (Wildman–Crippen LogP) is 3.02. The average molecular weight is 318 g/mol. The second-order valence-corrected chi connectivity index (χ2v) is 6.28. The Morgan fingerprint density at radius 2 is 2.38 bits per heavy atom. The average Bonchev–Trinajstić information content (AvgIpc) is 2.84. The number of aryl methyl sites for hydroxylation is 1. The number of aromatic nitrogens is 1. The number of hydrogen-bond donors (Lipinski definition) is 2. The molecule has 6 heteroatoms. The van der Waals surface area contributed by atoms with Gasteiger partial charge < -0.3 is 0 Å². The Balaban J connectivity index is 2.15. The quantitative estimate of drug-likeness (QED) is 0.673. The molecule has 3 nitrogen and oxygen atoms in total. The van der Waals surface area contributed by atoms with Crippen LogP contribution in [0.1, 0.15) is 21.6 Å². The van der Waals surface area contributed by atoms with Gasteiger partial charge in [0, 0.05) is 21.2 Å². The van der Waals surface area contributed by atoms with Gasteiger partial charge in [-0.3, -0.25) is 11.3 Å². The van der Waals surface area contributed by atoms with Crippen LogP contribution in [0.4, 0.5) is 0 Å². The SMILES string of the molecule is Cc1nc(CC(NN)c2sccc2Br)cs1. The number of hydrogen-bond acceptors (Lipinski definition) is 5. The first-order valence-corrected chi connectivity index (χ1v) is 7.36. The zero-order valence-corrected chi connectivity index (χ0v) is 12.0. The van der Waals surface area contributed by atoms with E-state index in [0.29, 0.717) is 0 Å². The van der Waals surface area contributed by atoms with E-state index in [1.807, 2.05) is 13.0 Å². The van der Waals surface area contributed by atoms with Gasteiger partial charge in [0.1, 0.15) is 0 Å². The summed E-state index contributed by atoms with van der Waals surface area (Å²) in [5.74, 6) is 5.60. The van der Waals surface area contributed by atoms with Gasteiger partial charge in [-0.2, -0.15) is 0 Å². The Hall–Kier alpha value is -0.270. The first-order chi connectivity index (χ1) is 7.70. The van der Waals surface area contributed by atoms with E-state index < -0.39 is 0 Å². The van der Waals surface area contributed by atoms with Crippen LogP contribution in [-0.4, -0.2) is 4.98 Å². The summed E-state index contributed by atoms with van der Waals surface area (Å²) < 4.78 is 1.10. The van der Waals surface area contributed by atoms with Gasteiger partial charge in [-0.05, 0) is 34.3 Å². The molecule has 0 saturated carbocycles. The molecule has 2 aromatic heterocycles. The second-order valence-electron chi connectivity index (χ2n) is 3.41. The molecular formula is C10H12BrN3S2. The normalized spacial score (nSPS) is 12.9. The third kappa shape index (κ3) is 2.70. The lowest BCUT2D eigenvalue weighted by molar-refractivity contribution is 0.553. The standard InChI is InChI=1S/C10H12BrN3S2/c1-6-13-7(5-16-6)4-9(14-12)10-8(11)2-3-15-10/h2-3,5,9,14H,4,12H2,1H3. The molecular weight excluding hydrogens is 306 g/mol. The lowest BCUT2D eigenvalue weighted by Gasteiger charge is -2.13. The van der Waals surface area contributed by atoms with Crippen molar-refractivity contribution in [2.75, 3.05) is 0 Å². The highest BCUT2D eigenvalue weighted by Crippen LogP contribution is 2.30. The highest BCUT2D eigenvalue weighted by Gasteiger charge is 2.16. The van der Waals surface area contributed by atoms with Crippen LogP contribution >= 0.6 is 38.6 Å². The summed E-state index contributed by atoms with van der Waals surface area (Å²) in [7, 11) is 0. The molecule has 16 heavy (non-hydrogen) atoms. The number of nitrogens with one attached hydrogen (secondary N) is 1. The zero-order valence-electron chi connectivity index (χ0n) is 8.74. The molecule has 1 unspecified atom stereocenters. The number of rotatable bonds is 4. The van der Waals surface area contributed by atoms with E-state index in [0.717, 1.165) is 21.6 Å². The summed E-state index contributed by atoms with van der Waals surface area (Å²) in [6.45, 7) is 2.01. The van der Waals surface area contributed by atoms with E-state index in [4.69, 9.17) is 5.84 Å². The van der Waals surface area contributed by atoms with Crippen LogP contribution in [0, 0.1) is 6.92 Å². The van der Waals surface area contributed by atoms with Crippen molar-refractivity contribution in [1.29, 1.82) is 0 Å². The summed E-state index contributed by atoms with van der Waals surface area (Å²) in [4.78, 5) is 5.67. The number of nitrogens with two attached hydrogens (primary N) is 1. The molecule has 0 saturated heterocycles. The van der Waals surface area contributed by atoms with Crippen LogP contribution in [0.15, 0.2) is 21.3 Å². The summed E-state index contributed by atoms with van der Waals surface area (Å²) in [5, 5.41) is 5.23. The minimum Gasteiger partial charge on any atom is -0.271 e. The van der Waals surface area contributed by atoms with Gasteiger partial charge >= 0.3 is 0 Å². The van der Waals surface area contributed by atoms with Crippen LogP contribution in [0.25, 0.3) is 0 Å². The molecule has 2 heterocycles.